The number of hydrogen-bond acceptors (Lipinski definition) is 2. The molecule has 20 heavy (non-hydrogen) atoms. The van der Waals surface area contributed by atoms with Crippen LogP contribution in [-0.4, -0.2) is 35.0 Å². The van der Waals surface area contributed by atoms with Crippen LogP contribution in [0.4, 0.5) is 8.78 Å². The molecule has 1 aromatic rings. The molecule has 2 fully saturated rings. The minimum absolute atomic E-state index is 0.00831. The van der Waals surface area contributed by atoms with Crippen LogP contribution in [0.3, 0.4) is 0 Å². The molecule has 4 nitrogen and oxygen atoms in total. The Labute approximate surface area is 114 Å². The predicted molar refractivity (Wildman–Crippen MR) is 64.7 cm³/mol. The first-order valence-corrected chi connectivity index (χ1v) is 6.42. The van der Waals surface area contributed by atoms with E-state index in [0.717, 1.165) is 12.1 Å². The fourth-order valence-corrected chi connectivity index (χ4v) is 3.03. The number of fused-ring (bicyclic) bond motifs is 1. The highest BCUT2D eigenvalue weighted by Crippen LogP contribution is 2.51. The summed E-state index contributed by atoms with van der Waals surface area (Å²) >= 11 is 0. The van der Waals surface area contributed by atoms with E-state index in [1.807, 2.05) is 0 Å². The van der Waals surface area contributed by atoms with Gasteiger partial charge in [0.2, 0.25) is 5.91 Å². The van der Waals surface area contributed by atoms with E-state index in [9.17, 15) is 18.4 Å². The molecule has 0 bridgehead atoms. The van der Waals surface area contributed by atoms with E-state index in [2.05, 4.69) is 0 Å². The van der Waals surface area contributed by atoms with Gasteiger partial charge in [-0.05, 0) is 29.5 Å². The van der Waals surface area contributed by atoms with E-state index in [0.29, 0.717) is 18.7 Å². The number of carboxylic acid groups (broad SMARTS) is 1. The summed E-state index contributed by atoms with van der Waals surface area (Å²) in [5.74, 6) is -3.08. The number of likely N-dealkylation sites (tertiary alicyclic amines) is 1. The molecule has 0 spiro atoms. The Kier molecular flexibility index (Phi) is 2.96. The summed E-state index contributed by atoms with van der Waals surface area (Å²) in [5.41, 5.74) is 0.421. The molecule has 1 aliphatic carbocycles. The predicted octanol–water partition coefficient (Wildman–Crippen LogP) is 1.30. The lowest BCUT2D eigenvalue weighted by Crippen LogP contribution is -2.33. The molecule has 1 heterocycles. The van der Waals surface area contributed by atoms with Crippen LogP contribution in [0.2, 0.25) is 0 Å². The van der Waals surface area contributed by atoms with Crippen LogP contribution in [-0.2, 0) is 16.0 Å². The molecule has 106 valence electrons. The summed E-state index contributed by atoms with van der Waals surface area (Å²) in [5, 5.41) is 8.90. The number of benzene rings is 1. The molecule has 1 amide bonds. The van der Waals surface area contributed by atoms with Crippen molar-refractivity contribution >= 4 is 11.9 Å². The van der Waals surface area contributed by atoms with Crippen LogP contribution in [0, 0.1) is 29.4 Å². The number of carbonyl (C=O) groups is 2. The van der Waals surface area contributed by atoms with E-state index in [4.69, 9.17) is 5.11 Å². The number of halogens is 2. The number of rotatable bonds is 3. The van der Waals surface area contributed by atoms with Crippen molar-refractivity contribution in [3.63, 3.8) is 0 Å². The third-order valence-corrected chi connectivity index (χ3v) is 4.17. The lowest BCUT2D eigenvalue weighted by molar-refractivity contribution is -0.140. The van der Waals surface area contributed by atoms with Gasteiger partial charge in [0.15, 0.2) is 11.6 Å². The van der Waals surface area contributed by atoms with Gasteiger partial charge in [-0.1, -0.05) is 6.07 Å². The Morgan fingerprint density at radius 1 is 1.20 bits per heavy atom. The summed E-state index contributed by atoms with van der Waals surface area (Å²) in [7, 11) is 0. The van der Waals surface area contributed by atoms with Crippen LogP contribution in [0.5, 0.6) is 0 Å². The van der Waals surface area contributed by atoms with Crippen LogP contribution < -0.4 is 0 Å². The van der Waals surface area contributed by atoms with Crippen molar-refractivity contribution in [2.45, 2.75) is 6.42 Å². The molecule has 0 radical (unpaired) electrons. The smallest absolute Gasteiger partial charge is 0.307 e. The summed E-state index contributed by atoms with van der Waals surface area (Å²) in [6, 6.07) is 3.40. The van der Waals surface area contributed by atoms with Gasteiger partial charge in [-0.3, -0.25) is 9.59 Å². The van der Waals surface area contributed by atoms with Crippen molar-refractivity contribution < 1.29 is 23.5 Å². The van der Waals surface area contributed by atoms with Gasteiger partial charge in [0, 0.05) is 13.1 Å². The fourth-order valence-electron chi connectivity index (χ4n) is 3.03. The van der Waals surface area contributed by atoms with Crippen molar-refractivity contribution in [3.05, 3.63) is 35.4 Å². The van der Waals surface area contributed by atoms with Gasteiger partial charge < -0.3 is 10.0 Å². The maximum atomic E-state index is 13.1. The maximum Gasteiger partial charge on any atom is 0.307 e. The molecule has 0 aromatic heterocycles. The molecule has 1 aliphatic heterocycles. The first kappa shape index (κ1) is 13.0. The standard InChI is InChI=1S/C14H13F2NO3/c15-10-2-1-7(3-11(10)16)4-12(18)17-5-8-9(6-17)13(8)14(19)20/h1-3,8-9,13H,4-6H2,(H,19,20)/t8-,9+,13?. The van der Waals surface area contributed by atoms with Crippen LogP contribution in [0.25, 0.3) is 0 Å². The summed E-state index contributed by atoms with van der Waals surface area (Å²) < 4.78 is 25.8. The third kappa shape index (κ3) is 2.15. The second-order valence-corrected chi connectivity index (χ2v) is 5.42. The summed E-state index contributed by atoms with van der Waals surface area (Å²) in [6.45, 7) is 0.897. The lowest BCUT2D eigenvalue weighted by atomic mass is 10.1. The third-order valence-electron chi connectivity index (χ3n) is 4.17. The van der Waals surface area contributed by atoms with E-state index in [1.54, 1.807) is 4.90 Å². The number of carboxylic acids is 1. The quantitative estimate of drug-likeness (QED) is 0.908. The molecular weight excluding hydrogens is 268 g/mol. The van der Waals surface area contributed by atoms with Gasteiger partial charge in [-0.2, -0.15) is 0 Å². The average Bonchev–Trinajstić information content (AvgIpc) is 2.90. The minimum atomic E-state index is -0.967. The molecular formula is C14H13F2NO3. The van der Waals surface area contributed by atoms with Crippen LogP contribution in [0.15, 0.2) is 18.2 Å². The fraction of sp³-hybridized carbons (Fsp3) is 0.429. The van der Waals surface area contributed by atoms with Crippen LogP contribution >= 0.6 is 0 Å². The van der Waals surface area contributed by atoms with Gasteiger partial charge in [0.25, 0.3) is 0 Å². The summed E-state index contributed by atoms with van der Waals surface area (Å²) in [4.78, 5) is 24.5. The van der Waals surface area contributed by atoms with Gasteiger partial charge >= 0.3 is 5.97 Å². The molecule has 1 N–H and O–H groups in total. The van der Waals surface area contributed by atoms with E-state index in [-0.39, 0.29) is 30.1 Å². The van der Waals surface area contributed by atoms with Crippen LogP contribution in [0.1, 0.15) is 5.56 Å². The van der Waals surface area contributed by atoms with Crippen molar-refractivity contribution in [2.24, 2.45) is 17.8 Å². The zero-order valence-electron chi connectivity index (χ0n) is 10.6. The number of carbonyl (C=O) groups excluding carboxylic acids is 1. The van der Waals surface area contributed by atoms with Gasteiger partial charge in [-0.25, -0.2) is 8.78 Å². The highest BCUT2D eigenvalue weighted by Gasteiger charge is 2.60. The Bertz CT molecular complexity index is 578. The molecule has 1 unspecified atom stereocenters. The number of nitrogens with zero attached hydrogens (tertiary/aromatic N) is 1. The van der Waals surface area contributed by atoms with Crippen molar-refractivity contribution in [3.8, 4) is 0 Å². The second-order valence-electron chi connectivity index (χ2n) is 5.42. The molecule has 1 saturated carbocycles. The Hall–Kier alpha value is -1.98. The SMILES string of the molecule is O=C(O)C1[C@H]2CN(C(=O)Cc3ccc(F)c(F)c3)C[C@@H]12. The molecule has 1 saturated heterocycles. The lowest BCUT2D eigenvalue weighted by Gasteiger charge is -2.19. The zero-order valence-corrected chi connectivity index (χ0v) is 10.6. The molecule has 3 rings (SSSR count). The number of hydrogen-bond donors (Lipinski definition) is 1. The largest absolute Gasteiger partial charge is 0.481 e. The van der Waals surface area contributed by atoms with Gasteiger partial charge in [0.05, 0.1) is 12.3 Å². The molecule has 2 aliphatic rings. The molecule has 6 heteroatoms. The van der Waals surface area contributed by atoms with Crippen molar-refractivity contribution in [1.82, 2.24) is 4.90 Å². The normalized spacial score (nSPS) is 27.3. The van der Waals surface area contributed by atoms with E-state index >= 15 is 0 Å². The van der Waals surface area contributed by atoms with E-state index < -0.39 is 17.6 Å². The first-order valence-electron chi connectivity index (χ1n) is 6.42. The average molecular weight is 281 g/mol. The van der Waals surface area contributed by atoms with E-state index in [1.165, 1.54) is 6.07 Å². The zero-order chi connectivity index (χ0) is 14.4. The summed E-state index contributed by atoms with van der Waals surface area (Å²) in [6.07, 6.45) is 0.00831. The highest BCUT2D eigenvalue weighted by atomic mass is 19.2. The topological polar surface area (TPSA) is 57.6 Å². The Balaban J connectivity index is 1.59. The van der Waals surface area contributed by atoms with Crippen molar-refractivity contribution in [2.75, 3.05) is 13.1 Å². The highest BCUT2D eigenvalue weighted by molar-refractivity contribution is 5.81. The molecule has 3 atom stereocenters. The number of amides is 1. The van der Waals surface area contributed by atoms with Gasteiger partial charge in [-0.15, -0.1) is 0 Å². The maximum absolute atomic E-state index is 13.1. The van der Waals surface area contributed by atoms with Gasteiger partial charge in [0.1, 0.15) is 0 Å². The Morgan fingerprint density at radius 2 is 1.85 bits per heavy atom. The Morgan fingerprint density at radius 3 is 2.40 bits per heavy atom. The monoisotopic (exact) mass is 281 g/mol. The number of piperidine rings is 1. The number of aliphatic carboxylic acids is 1. The van der Waals surface area contributed by atoms with Crippen molar-refractivity contribution in [1.29, 1.82) is 0 Å². The second kappa shape index (κ2) is 4.54. The minimum Gasteiger partial charge on any atom is -0.481 e. The molecule has 1 aromatic carbocycles. The first-order chi connectivity index (χ1) is 9.47.